The van der Waals surface area contributed by atoms with Crippen molar-refractivity contribution in [2.24, 2.45) is 0 Å². The van der Waals surface area contributed by atoms with E-state index in [4.69, 9.17) is 0 Å². The van der Waals surface area contributed by atoms with Crippen LogP contribution in [0.4, 0.5) is 8.78 Å². The van der Waals surface area contributed by atoms with Gasteiger partial charge in [-0.3, -0.25) is 0 Å². The van der Waals surface area contributed by atoms with Gasteiger partial charge in [0.2, 0.25) is 0 Å². The van der Waals surface area contributed by atoms with Crippen LogP contribution in [-0.4, -0.2) is 6.54 Å². The molecule has 0 atom stereocenters. The monoisotopic (exact) mass is 265 g/mol. The Morgan fingerprint density at radius 2 is 1.74 bits per heavy atom. The molecule has 1 aromatic carbocycles. The minimum absolute atomic E-state index is 0.0753. The van der Waals surface area contributed by atoms with Crippen LogP contribution >= 0.6 is 0 Å². The fourth-order valence-electron chi connectivity index (χ4n) is 2.46. The molecule has 1 fully saturated rings. The number of halogens is 2. The maximum absolute atomic E-state index is 13.9. The van der Waals surface area contributed by atoms with Crippen molar-refractivity contribution in [1.82, 2.24) is 5.32 Å². The summed E-state index contributed by atoms with van der Waals surface area (Å²) in [6, 6.07) is 6.39. The lowest BCUT2D eigenvalue weighted by molar-refractivity contribution is 0.509. The van der Waals surface area contributed by atoms with Crippen LogP contribution in [0.15, 0.2) is 35.7 Å². The van der Waals surface area contributed by atoms with Crippen molar-refractivity contribution >= 4 is 0 Å². The number of benzene rings is 1. The summed E-state index contributed by atoms with van der Waals surface area (Å²) in [5, 5.41) is 3.19. The Bertz CT molecular complexity index is 415. The molecule has 0 spiro atoms. The zero-order valence-electron chi connectivity index (χ0n) is 11.2. The fourth-order valence-corrected chi connectivity index (χ4v) is 2.46. The highest BCUT2D eigenvalue weighted by atomic mass is 19.1. The summed E-state index contributed by atoms with van der Waals surface area (Å²) >= 11 is 0. The smallest absolute Gasteiger partial charge is 0.123 e. The quantitative estimate of drug-likeness (QED) is 0.773. The first-order valence-corrected chi connectivity index (χ1v) is 7.07. The van der Waals surface area contributed by atoms with E-state index < -0.39 is 0 Å². The van der Waals surface area contributed by atoms with Crippen LogP contribution in [0.3, 0.4) is 0 Å². The molecule has 0 unspecified atom stereocenters. The Hall–Kier alpha value is -1.22. The Balaban J connectivity index is 1.70. The van der Waals surface area contributed by atoms with E-state index in [0.29, 0.717) is 19.5 Å². The Morgan fingerprint density at radius 1 is 1.05 bits per heavy atom. The second-order valence-electron chi connectivity index (χ2n) is 5.12. The van der Waals surface area contributed by atoms with E-state index in [1.807, 2.05) is 0 Å². The molecular formula is C16H21F2N. The lowest BCUT2D eigenvalue weighted by Crippen LogP contribution is -2.15. The van der Waals surface area contributed by atoms with E-state index in [9.17, 15) is 8.78 Å². The van der Waals surface area contributed by atoms with Crippen molar-refractivity contribution < 1.29 is 8.78 Å². The molecule has 0 heterocycles. The predicted molar refractivity (Wildman–Crippen MR) is 73.9 cm³/mol. The minimum atomic E-state index is -0.225. The first-order chi connectivity index (χ1) is 9.25. The molecule has 0 amide bonds. The maximum Gasteiger partial charge on any atom is 0.123 e. The summed E-state index contributed by atoms with van der Waals surface area (Å²) in [5.41, 5.74) is 2.04. The number of hydrogen-bond acceptors (Lipinski definition) is 1. The molecule has 0 saturated heterocycles. The molecule has 0 bridgehead atoms. The van der Waals surface area contributed by atoms with Crippen LogP contribution in [0, 0.1) is 5.82 Å². The SMILES string of the molecule is FC(CCNCc1ccc(F)cc1)=C1CCCCC1. The van der Waals surface area contributed by atoms with Crippen molar-refractivity contribution in [1.29, 1.82) is 0 Å². The lowest BCUT2D eigenvalue weighted by Gasteiger charge is -2.15. The molecule has 104 valence electrons. The molecule has 1 saturated carbocycles. The Kier molecular flexibility index (Phi) is 5.52. The van der Waals surface area contributed by atoms with Gasteiger partial charge in [0.05, 0.1) is 0 Å². The first kappa shape index (κ1) is 14.2. The van der Waals surface area contributed by atoms with E-state index in [1.54, 1.807) is 12.1 Å². The van der Waals surface area contributed by atoms with Gasteiger partial charge in [-0.25, -0.2) is 8.78 Å². The van der Waals surface area contributed by atoms with Crippen LogP contribution in [0.1, 0.15) is 44.1 Å². The second-order valence-corrected chi connectivity index (χ2v) is 5.12. The highest BCUT2D eigenvalue weighted by Gasteiger charge is 2.10. The van der Waals surface area contributed by atoms with E-state index in [2.05, 4.69) is 5.32 Å². The highest BCUT2D eigenvalue weighted by molar-refractivity contribution is 5.16. The van der Waals surface area contributed by atoms with Gasteiger partial charge < -0.3 is 5.32 Å². The topological polar surface area (TPSA) is 12.0 Å². The summed E-state index contributed by atoms with van der Waals surface area (Å²) in [5.74, 6) is -0.150. The van der Waals surface area contributed by atoms with Gasteiger partial charge in [0.1, 0.15) is 11.6 Å². The maximum atomic E-state index is 13.9. The van der Waals surface area contributed by atoms with Crippen molar-refractivity contribution in [2.45, 2.75) is 45.1 Å². The van der Waals surface area contributed by atoms with Gasteiger partial charge in [0.25, 0.3) is 0 Å². The Labute approximate surface area is 113 Å². The summed E-state index contributed by atoms with van der Waals surface area (Å²) in [6.45, 7) is 1.29. The summed E-state index contributed by atoms with van der Waals surface area (Å²) in [4.78, 5) is 0. The average molecular weight is 265 g/mol. The van der Waals surface area contributed by atoms with E-state index in [0.717, 1.165) is 36.8 Å². The zero-order chi connectivity index (χ0) is 13.5. The largest absolute Gasteiger partial charge is 0.312 e. The fraction of sp³-hybridized carbons (Fsp3) is 0.500. The molecule has 0 radical (unpaired) electrons. The highest BCUT2D eigenvalue weighted by Crippen LogP contribution is 2.27. The minimum Gasteiger partial charge on any atom is -0.312 e. The third kappa shape index (κ3) is 4.75. The predicted octanol–water partition coefficient (Wildman–Crippen LogP) is 4.49. The molecule has 1 aliphatic carbocycles. The van der Waals surface area contributed by atoms with Gasteiger partial charge in [0, 0.05) is 19.5 Å². The third-order valence-corrected chi connectivity index (χ3v) is 3.60. The van der Waals surface area contributed by atoms with Crippen molar-refractivity contribution in [3.63, 3.8) is 0 Å². The van der Waals surface area contributed by atoms with Crippen molar-refractivity contribution in [3.05, 3.63) is 47.0 Å². The molecule has 2 rings (SSSR count). The van der Waals surface area contributed by atoms with Crippen LogP contribution in [-0.2, 0) is 6.54 Å². The summed E-state index contributed by atoms with van der Waals surface area (Å²) in [6.07, 6.45) is 5.83. The van der Waals surface area contributed by atoms with Gasteiger partial charge in [-0.15, -0.1) is 0 Å². The standard InChI is InChI=1S/C16H21F2N/c17-15-8-6-13(7-9-15)12-19-11-10-16(18)14-4-2-1-3-5-14/h6-9,19H,1-5,10-12H2. The molecule has 0 aliphatic heterocycles. The van der Waals surface area contributed by atoms with Crippen molar-refractivity contribution in [3.8, 4) is 0 Å². The molecule has 1 nitrogen and oxygen atoms in total. The molecule has 19 heavy (non-hydrogen) atoms. The van der Waals surface area contributed by atoms with Gasteiger partial charge >= 0.3 is 0 Å². The molecule has 1 N–H and O–H groups in total. The van der Waals surface area contributed by atoms with E-state index in [-0.39, 0.29) is 11.6 Å². The molecule has 0 aromatic heterocycles. The summed E-state index contributed by atoms with van der Waals surface area (Å²) in [7, 11) is 0. The second kappa shape index (κ2) is 7.39. The molecule has 1 aromatic rings. The zero-order valence-corrected chi connectivity index (χ0v) is 11.2. The molecule has 3 heteroatoms. The van der Waals surface area contributed by atoms with Crippen LogP contribution in [0.25, 0.3) is 0 Å². The number of allylic oxidation sites excluding steroid dienone is 1. The van der Waals surface area contributed by atoms with Gasteiger partial charge in [-0.2, -0.15) is 0 Å². The Morgan fingerprint density at radius 3 is 2.42 bits per heavy atom. The molecule has 1 aliphatic rings. The van der Waals surface area contributed by atoms with Crippen LogP contribution < -0.4 is 5.32 Å². The van der Waals surface area contributed by atoms with Gasteiger partial charge in [-0.05, 0) is 49.0 Å². The summed E-state index contributed by atoms with van der Waals surface area (Å²) < 4.78 is 26.6. The van der Waals surface area contributed by atoms with E-state index >= 15 is 0 Å². The number of hydrogen-bond donors (Lipinski definition) is 1. The lowest BCUT2D eigenvalue weighted by atomic mass is 9.93. The number of nitrogens with one attached hydrogen (secondary N) is 1. The third-order valence-electron chi connectivity index (χ3n) is 3.60. The normalized spacial score (nSPS) is 15.6. The average Bonchev–Trinajstić information content (AvgIpc) is 2.46. The van der Waals surface area contributed by atoms with Crippen molar-refractivity contribution in [2.75, 3.05) is 6.54 Å². The number of rotatable bonds is 5. The van der Waals surface area contributed by atoms with Crippen LogP contribution in [0.2, 0.25) is 0 Å². The molecular weight excluding hydrogens is 244 g/mol. The van der Waals surface area contributed by atoms with E-state index in [1.165, 1.54) is 18.6 Å². The first-order valence-electron chi connectivity index (χ1n) is 7.07. The van der Waals surface area contributed by atoms with Gasteiger partial charge in [-0.1, -0.05) is 18.6 Å². The van der Waals surface area contributed by atoms with Gasteiger partial charge in [0.15, 0.2) is 0 Å². The van der Waals surface area contributed by atoms with Crippen LogP contribution in [0.5, 0.6) is 0 Å².